The zero-order valence-electron chi connectivity index (χ0n) is 12.9. The van der Waals surface area contributed by atoms with Crippen LogP contribution in [0.2, 0.25) is 0 Å². The Hall–Kier alpha value is -2.29. The molecule has 21 heavy (non-hydrogen) atoms. The van der Waals surface area contributed by atoms with E-state index in [-0.39, 0.29) is 5.41 Å². The fraction of sp³-hybridized carbons (Fsp3) is 0.278. The molecular formula is C18H23N3. The summed E-state index contributed by atoms with van der Waals surface area (Å²) in [4.78, 5) is 4.48. The number of benzene rings is 2. The Bertz CT molecular complexity index is 615. The lowest BCUT2D eigenvalue weighted by Crippen LogP contribution is -2.27. The maximum absolute atomic E-state index is 5.96. The summed E-state index contributed by atoms with van der Waals surface area (Å²) in [5.74, 6) is 0.446. The highest BCUT2D eigenvalue weighted by Crippen LogP contribution is 2.24. The Morgan fingerprint density at radius 2 is 1.81 bits per heavy atom. The van der Waals surface area contributed by atoms with E-state index >= 15 is 0 Å². The summed E-state index contributed by atoms with van der Waals surface area (Å²) >= 11 is 0. The fourth-order valence-corrected chi connectivity index (χ4v) is 2.15. The Kier molecular flexibility index (Phi) is 4.63. The molecule has 110 valence electrons. The van der Waals surface area contributed by atoms with E-state index in [9.17, 15) is 0 Å². The minimum Gasteiger partial charge on any atom is -0.370 e. The van der Waals surface area contributed by atoms with Crippen LogP contribution in [0.3, 0.4) is 0 Å². The molecule has 0 radical (unpaired) electrons. The van der Waals surface area contributed by atoms with Crippen molar-refractivity contribution < 1.29 is 0 Å². The van der Waals surface area contributed by atoms with E-state index in [4.69, 9.17) is 5.73 Å². The molecule has 0 aromatic heterocycles. The number of aryl methyl sites for hydroxylation is 1. The van der Waals surface area contributed by atoms with Gasteiger partial charge < -0.3 is 11.1 Å². The van der Waals surface area contributed by atoms with Gasteiger partial charge in [-0.05, 0) is 24.6 Å². The molecule has 0 atom stereocenters. The van der Waals surface area contributed by atoms with E-state index in [1.807, 2.05) is 30.3 Å². The Balaban J connectivity index is 2.04. The van der Waals surface area contributed by atoms with Gasteiger partial charge in [0.25, 0.3) is 0 Å². The third kappa shape index (κ3) is 4.35. The maximum atomic E-state index is 5.96. The summed E-state index contributed by atoms with van der Waals surface area (Å²) in [5.41, 5.74) is 9.40. The zero-order chi connectivity index (χ0) is 15.3. The highest BCUT2D eigenvalue weighted by molar-refractivity contribution is 5.92. The fourth-order valence-electron chi connectivity index (χ4n) is 2.15. The summed E-state index contributed by atoms with van der Waals surface area (Å²) in [7, 11) is 0. The molecule has 3 N–H and O–H groups in total. The van der Waals surface area contributed by atoms with Gasteiger partial charge in [0.1, 0.15) is 0 Å². The second kappa shape index (κ2) is 6.44. The molecule has 0 saturated heterocycles. The van der Waals surface area contributed by atoms with Gasteiger partial charge >= 0.3 is 0 Å². The molecule has 0 spiro atoms. The van der Waals surface area contributed by atoms with Crippen molar-refractivity contribution in [3.63, 3.8) is 0 Å². The topological polar surface area (TPSA) is 50.4 Å². The van der Waals surface area contributed by atoms with Gasteiger partial charge in [-0.15, -0.1) is 0 Å². The number of nitrogens with one attached hydrogen (secondary N) is 1. The van der Waals surface area contributed by atoms with Crippen molar-refractivity contribution in [2.75, 3.05) is 11.9 Å². The van der Waals surface area contributed by atoms with E-state index in [1.165, 1.54) is 11.1 Å². The number of guanidine groups is 1. The van der Waals surface area contributed by atoms with Crippen LogP contribution < -0.4 is 11.1 Å². The average Bonchev–Trinajstić information content (AvgIpc) is 2.46. The lowest BCUT2D eigenvalue weighted by Gasteiger charge is -2.23. The average molecular weight is 281 g/mol. The van der Waals surface area contributed by atoms with Crippen molar-refractivity contribution >= 4 is 11.6 Å². The second-order valence-corrected chi connectivity index (χ2v) is 5.95. The van der Waals surface area contributed by atoms with Crippen molar-refractivity contribution in [1.29, 1.82) is 0 Å². The number of nitrogens with two attached hydrogens (primary N) is 1. The summed E-state index contributed by atoms with van der Waals surface area (Å²) in [6, 6.07) is 18.4. The van der Waals surface area contributed by atoms with Crippen LogP contribution in [0.5, 0.6) is 0 Å². The first-order valence-electron chi connectivity index (χ1n) is 7.16. The predicted molar refractivity (Wildman–Crippen MR) is 90.8 cm³/mol. The van der Waals surface area contributed by atoms with Crippen LogP contribution in [-0.4, -0.2) is 12.5 Å². The molecule has 0 aliphatic rings. The van der Waals surface area contributed by atoms with E-state index in [2.05, 4.69) is 55.3 Å². The first kappa shape index (κ1) is 15.1. The number of anilines is 1. The normalized spacial score (nSPS) is 12.2. The number of para-hydroxylation sites is 1. The van der Waals surface area contributed by atoms with Crippen LogP contribution in [0.1, 0.15) is 25.0 Å². The van der Waals surface area contributed by atoms with Crippen LogP contribution in [0, 0.1) is 6.92 Å². The summed E-state index contributed by atoms with van der Waals surface area (Å²) in [5, 5.41) is 3.11. The largest absolute Gasteiger partial charge is 0.370 e. The second-order valence-electron chi connectivity index (χ2n) is 5.95. The van der Waals surface area contributed by atoms with E-state index in [1.54, 1.807) is 0 Å². The lowest BCUT2D eigenvalue weighted by atomic mass is 9.84. The van der Waals surface area contributed by atoms with Gasteiger partial charge in [0, 0.05) is 11.1 Å². The van der Waals surface area contributed by atoms with Crippen LogP contribution >= 0.6 is 0 Å². The molecule has 0 fully saturated rings. The third-order valence-corrected chi connectivity index (χ3v) is 3.49. The molecule has 0 aliphatic carbocycles. The molecular weight excluding hydrogens is 258 g/mol. The lowest BCUT2D eigenvalue weighted by molar-refractivity contribution is 0.540. The van der Waals surface area contributed by atoms with Crippen LogP contribution in [0.4, 0.5) is 5.69 Å². The quantitative estimate of drug-likeness (QED) is 0.663. The SMILES string of the molecule is Cc1cccc(C(C)(C)CN=C(N)Nc2ccccc2)c1. The highest BCUT2D eigenvalue weighted by Gasteiger charge is 2.20. The third-order valence-electron chi connectivity index (χ3n) is 3.49. The highest BCUT2D eigenvalue weighted by atomic mass is 15.1. The first-order valence-corrected chi connectivity index (χ1v) is 7.16. The van der Waals surface area contributed by atoms with Gasteiger partial charge in [0.15, 0.2) is 5.96 Å². The van der Waals surface area contributed by atoms with Gasteiger partial charge in [0.2, 0.25) is 0 Å². The number of hydrogen-bond acceptors (Lipinski definition) is 1. The van der Waals surface area contributed by atoms with Gasteiger partial charge in [0.05, 0.1) is 6.54 Å². The molecule has 3 nitrogen and oxygen atoms in total. The molecule has 0 heterocycles. The van der Waals surface area contributed by atoms with Crippen molar-refractivity contribution in [2.45, 2.75) is 26.2 Å². The molecule has 0 amide bonds. The predicted octanol–water partition coefficient (Wildman–Crippen LogP) is 3.70. The maximum Gasteiger partial charge on any atom is 0.193 e. The summed E-state index contributed by atoms with van der Waals surface area (Å²) in [6.07, 6.45) is 0. The van der Waals surface area contributed by atoms with Gasteiger partial charge in [-0.25, -0.2) is 0 Å². The van der Waals surface area contributed by atoms with Crippen molar-refractivity contribution in [2.24, 2.45) is 10.7 Å². The van der Waals surface area contributed by atoms with E-state index < -0.39 is 0 Å². The van der Waals surface area contributed by atoms with E-state index in [0.717, 1.165) is 5.69 Å². The molecule has 0 unspecified atom stereocenters. The standard InChI is InChI=1S/C18H23N3/c1-14-8-7-9-15(12-14)18(2,3)13-20-17(19)21-16-10-5-4-6-11-16/h4-12H,13H2,1-3H3,(H3,19,20,21). The minimum atomic E-state index is -0.0466. The number of hydrogen-bond donors (Lipinski definition) is 2. The van der Waals surface area contributed by atoms with Gasteiger partial charge in [-0.3, -0.25) is 4.99 Å². The molecule has 0 bridgehead atoms. The van der Waals surface area contributed by atoms with Crippen molar-refractivity contribution in [3.05, 3.63) is 65.7 Å². The van der Waals surface area contributed by atoms with E-state index in [0.29, 0.717) is 12.5 Å². The van der Waals surface area contributed by atoms with Crippen LogP contribution in [0.15, 0.2) is 59.6 Å². The number of rotatable bonds is 4. The van der Waals surface area contributed by atoms with Gasteiger partial charge in [-0.1, -0.05) is 61.9 Å². The van der Waals surface area contributed by atoms with Crippen LogP contribution in [-0.2, 0) is 5.41 Å². The zero-order valence-corrected chi connectivity index (χ0v) is 12.9. The van der Waals surface area contributed by atoms with Crippen molar-refractivity contribution in [1.82, 2.24) is 0 Å². The minimum absolute atomic E-state index is 0.0466. The summed E-state index contributed by atoms with van der Waals surface area (Å²) in [6.45, 7) is 7.11. The molecule has 2 rings (SSSR count). The molecule has 3 heteroatoms. The molecule has 0 saturated carbocycles. The monoisotopic (exact) mass is 281 g/mol. The number of nitrogens with zero attached hydrogens (tertiary/aromatic N) is 1. The Morgan fingerprint density at radius 1 is 1.10 bits per heavy atom. The molecule has 2 aromatic carbocycles. The van der Waals surface area contributed by atoms with Gasteiger partial charge in [-0.2, -0.15) is 0 Å². The summed E-state index contributed by atoms with van der Waals surface area (Å²) < 4.78 is 0. The molecule has 0 aliphatic heterocycles. The Morgan fingerprint density at radius 3 is 2.48 bits per heavy atom. The smallest absolute Gasteiger partial charge is 0.193 e. The number of aliphatic imine (C=N–C) groups is 1. The van der Waals surface area contributed by atoms with Crippen molar-refractivity contribution in [3.8, 4) is 0 Å². The molecule has 2 aromatic rings. The Labute approximate surface area is 126 Å². The first-order chi connectivity index (χ1) is 9.97. The van der Waals surface area contributed by atoms with Crippen LogP contribution in [0.25, 0.3) is 0 Å².